The molecule has 1 rings (SSSR count). The highest BCUT2D eigenvalue weighted by Crippen LogP contribution is 2.41. The van der Waals surface area contributed by atoms with E-state index in [1.807, 2.05) is 0 Å². The van der Waals surface area contributed by atoms with E-state index in [1.165, 1.54) is 12.0 Å². The predicted octanol–water partition coefficient (Wildman–Crippen LogP) is 7.06. The maximum atomic E-state index is 6.16. The molecule has 0 aliphatic heterocycles. The van der Waals surface area contributed by atoms with Crippen molar-refractivity contribution in [2.24, 2.45) is 16.7 Å². The largest absolute Gasteiger partial charge is 0.488 e. The summed E-state index contributed by atoms with van der Waals surface area (Å²) in [5.41, 5.74) is 1.94. The monoisotopic (exact) mass is 318 g/mol. The van der Waals surface area contributed by atoms with E-state index >= 15 is 0 Å². The number of ether oxygens (including phenoxy) is 1. The van der Waals surface area contributed by atoms with Gasteiger partial charge in [0, 0.05) is 0 Å². The first-order valence-corrected chi connectivity index (χ1v) is 9.11. The molecule has 0 heterocycles. The van der Waals surface area contributed by atoms with Crippen LogP contribution in [-0.2, 0) is 4.74 Å². The zero-order chi connectivity index (χ0) is 17.9. The zero-order valence-corrected chi connectivity index (χ0v) is 16.9. The van der Waals surface area contributed by atoms with Crippen LogP contribution >= 0.6 is 0 Å². The summed E-state index contributed by atoms with van der Waals surface area (Å²) in [6.07, 6.45) is 12.2. The molecule has 23 heavy (non-hydrogen) atoms. The summed E-state index contributed by atoms with van der Waals surface area (Å²) in [5.74, 6) is 1.57. The van der Waals surface area contributed by atoms with Gasteiger partial charge in [-0.15, -0.1) is 0 Å². The first kappa shape index (κ1) is 20.1. The molecular formula is C22H38O. The molecule has 1 aliphatic carbocycles. The van der Waals surface area contributed by atoms with E-state index in [0.717, 1.165) is 18.6 Å². The molecule has 1 aliphatic rings. The molecule has 0 spiro atoms. The van der Waals surface area contributed by atoms with Gasteiger partial charge in [-0.3, -0.25) is 0 Å². The van der Waals surface area contributed by atoms with Gasteiger partial charge >= 0.3 is 0 Å². The lowest BCUT2D eigenvalue weighted by Crippen LogP contribution is -2.26. The van der Waals surface area contributed by atoms with Crippen molar-refractivity contribution in [3.63, 3.8) is 0 Å². The van der Waals surface area contributed by atoms with Crippen LogP contribution in [0.4, 0.5) is 0 Å². The quantitative estimate of drug-likeness (QED) is 0.527. The Hall–Kier alpha value is -0.980. The highest BCUT2D eigenvalue weighted by atomic mass is 16.5. The van der Waals surface area contributed by atoms with Crippen LogP contribution in [0.1, 0.15) is 81.6 Å². The standard InChI is InChI=1S/C22H38O/c1-10-22(8,9)23-18-13-11-12-17(14-15-18)19(21(5,6)7)16-20(2,3)4/h12-15,19H,10-11,16H2,1-9H3. The van der Waals surface area contributed by atoms with Crippen LogP contribution in [0.2, 0.25) is 0 Å². The van der Waals surface area contributed by atoms with Crippen LogP contribution < -0.4 is 0 Å². The highest BCUT2D eigenvalue weighted by Gasteiger charge is 2.31. The summed E-state index contributed by atoms with van der Waals surface area (Å²) in [5, 5.41) is 0. The normalized spacial score (nSPS) is 18.1. The first-order valence-electron chi connectivity index (χ1n) is 9.11. The summed E-state index contributed by atoms with van der Waals surface area (Å²) in [4.78, 5) is 0. The van der Waals surface area contributed by atoms with Crippen molar-refractivity contribution in [2.45, 2.75) is 87.2 Å². The van der Waals surface area contributed by atoms with Gasteiger partial charge in [0.2, 0.25) is 0 Å². The lowest BCUT2D eigenvalue weighted by molar-refractivity contribution is 0.0384. The van der Waals surface area contributed by atoms with E-state index in [1.54, 1.807) is 0 Å². The summed E-state index contributed by atoms with van der Waals surface area (Å²) in [6, 6.07) is 0. The third-order valence-corrected chi connectivity index (χ3v) is 4.62. The maximum absolute atomic E-state index is 6.16. The van der Waals surface area contributed by atoms with E-state index in [9.17, 15) is 0 Å². The van der Waals surface area contributed by atoms with E-state index in [-0.39, 0.29) is 11.0 Å². The van der Waals surface area contributed by atoms with Crippen molar-refractivity contribution in [1.29, 1.82) is 0 Å². The first-order chi connectivity index (χ1) is 10.3. The Bertz CT molecular complexity index is 475. The van der Waals surface area contributed by atoms with Crippen molar-refractivity contribution in [3.05, 3.63) is 35.6 Å². The molecule has 1 atom stereocenters. The molecule has 1 heteroatoms. The van der Waals surface area contributed by atoms with E-state index in [2.05, 4.69) is 86.6 Å². The summed E-state index contributed by atoms with van der Waals surface area (Å²) in [7, 11) is 0. The fraction of sp³-hybridized carbons (Fsp3) is 0.727. The predicted molar refractivity (Wildman–Crippen MR) is 102 cm³/mol. The van der Waals surface area contributed by atoms with E-state index in [4.69, 9.17) is 4.74 Å². The summed E-state index contributed by atoms with van der Waals surface area (Å²) >= 11 is 0. The number of hydrogen-bond donors (Lipinski definition) is 0. The van der Waals surface area contributed by atoms with Gasteiger partial charge in [0.25, 0.3) is 0 Å². The molecule has 0 radical (unpaired) electrons. The average molecular weight is 319 g/mol. The summed E-state index contributed by atoms with van der Waals surface area (Å²) < 4.78 is 6.16. The Morgan fingerprint density at radius 3 is 2.04 bits per heavy atom. The second kappa shape index (κ2) is 7.28. The van der Waals surface area contributed by atoms with E-state index in [0.29, 0.717) is 11.3 Å². The van der Waals surface area contributed by atoms with Crippen molar-refractivity contribution in [1.82, 2.24) is 0 Å². The van der Waals surface area contributed by atoms with Crippen LogP contribution in [0.3, 0.4) is 0 Å². The lowest BCUT2D eigenvalue weighted by atomic mass is 9.68. The van der Waals surface area contributed by atoms with Crippen LogP contribution in [0.25, 0.3) is 0 Å². The van der Waals surface area contributed by atoms with Gasteiger partial charge in [-0.1, -0.05) is 60.6 Å². The Morgan fingerprint density at radius 2 is 1.57 bits per heavy atom. The molecule has 0 saturated heterocycles. The van der Waals surface area contributed by atoms with Crippen LogP contribution in [0.5, 0.6) is 0 Å². The minimum absolute atomic E-state index is 0.102. The summed E-state index contributed by atoms with van der Waals surface area (Å²) in [6.45, 7) is 20.5. The van der Waals surface area contributed by atoms with Gasteiger partial charge in [0.05, 0.1) is 0 Å². The molecule has 0 aromatic carbocycles. The van der Waals surface area contributed by atoms with Crippen LogP contribution in [-0.4, -0.2) is 5.60 Å². The Labute approximate surface area is 144 Å². The third kappa shape index (κ3) is 6.97. The molecule has 0 amide bonds. The van der Waals surface area contributed by atoms with Gasteiger partial charge in [-0.2, -0.15) is 0 Å². The molecular weight excluding hydrogens is 280 g/mol. The fourth-order valence-electron chi connectivity index (χ4n) is 2.89. The fourth-order valence-corrected chi connectivity index (χ4v) is 2.89. The highest BCUT2D eigenvalue weighted by molar-refractivity contribution is 5.32. The molecule has 1 unspecified atom stereocenters. The SMILES string of the molecule is CCC(C)(C)OC1=CCC=C(C(CC(C)(C)C)C(C)(C)C)C=C1. The van der Waals surface area contributed by atoms with Crippen molar-refractivity contribution < 1.29 is 4.74 Å². The molecule has 0 saturated carbocycles. The van der Waals surface area contributed by atoms with Gasteiger partial charge in [-0.25, -0.2) is 0 Å². The molecule has 0 aromatic rings. The molecule has 1 nitrogen and oxygen atoms in total. The topological polar surface area (TPSA) is 9.23 Å². The molecule has 0 N–H and O–H groups in total. The number of rotatable bonds is 5. The number of allylic oxidation sites excluding steroid dienone is 5. The molecule has 132 valence electrons. The van der Waals surface area contributed by atoms with Gasteiger partial charge in [0.1, 0.15) is 11.4 Å². The Kier molecular flexibility index (Phi) is 6.35. The third-order valence-electron chi connectivity index (χ3n) is 4.62. The average Bonchev–Trinajstić information content (AvgIpc) is 2.59. The van der Waals surface area contributed by atoms with Gasteiger partial charge in [-0.05, 0) is 67.6 Å². The van der Waals surface area contributed by atoms with Crippen LogP contribution in [0.15, 0.2) is 35.6 Å². The Balaban J connectivity index is 2.95. The van der Waals surface area contributed by atoms with E-state index < -0.39 is 0 Å². The Morgan fingerprint density at radius 1 is 0.957 bits per heavy atom. The minimum atomic E-state index is -0.102. The van der Waals surface area contributed by atoms with Crippen molar-refractivity contribution in [3.8, 4) is 0 Å². The maximum Gasteiger partial charge on any atom is 0.116 e. The molecule has 0 bridgehead atoms. The number of hydrogen-bond acceptors (Lipinski definition) is 1. The molecule has 0 aromatic heterocycles. The lowest BCUT2D eigenvalue weighted by Gasteiger charge is -2.36. The van der Waals surface area contributed by atoms with Crippen molar-refractivity contribution in [2.75, 3.05) is 0 Å². The second-order valence-electron chi connectivity index (χ2n) is 9.78. The van der Waals surface area contributed by atoms with Gasteiger partial charge in [0.15, 0.2) is 0 Å². The minimum Gasteiger partial charge on any atom is -0.488 e. The zero-order valence-electron chi connectivity index (χ0n) is 16.9. The second-order valence-corrected chi connectivity index (χ2v) is 9.78. The van der Waals surface area contributed by atoms with Crippen LogP contribution in [0, 0.1) is 16.7 Å². The van der Waals surface area contributed by atoms with Crippen molar-refractivity contribution >= 4 is 0 Å². The molecule has 0 fully saturated rings. The van der Waals surface area contributed by atoms with Gasteiger partial charge < -0.3 is 4.74 Å². The smallest absolute Gasteiger partial charge is 0.116 e.